The lowest BCUT2D eigenvalue weighted by molar-refractivity contribution is -0.137. The second-order valence-corrected chi connectivity index (χ2v) is 7.25. The predicted molar refractivity (Wildman–Crippen MR) is 103 cm³/mol. The lowest BCUT2D eigenvalue weighted by atomic mass is 10.0. The van der Waals surface area contributed by atoms with E-state index >= 15 is 0 Å². The van der Waals surface area contributed by atoms with Crippen LogP contribution in [0.5, 0.6) is 0 Å². The first kappa shape index (κ1) is 20.2. The number of anilines is 2. The van der Waals surface area contributed by atoms with Crippen LogP contribution in [0.15, 0.2) is 53.0 Å². The summed E-state index contributed by atoms with van der Waals surface area (Å²) in [4.78, 5) is 26.5. The molecule has 0 spiro atoms. The lowest BCUT2D eigenvalue weighted by Gasteiger charge is -2.32. The Morgan fingerprint density at radius 1 is 1.07 bits per heavy atom. The number of carbonyl (C=O) groups is 2. The highest BCUT2D eigenvalue weighted by Crippen LogP contribution is 2.30. The minimum absolute atomic E-state index is 0.207. The molecule has 2 aromatic rings. The van der Waals surface area contributed by atoms with Gasteiger partial charge in [-0.25, -0.2) is 4.79 Å². The third-order valence-corrected chi connectivity index (χ3v) is 4.88. The number of piperidine rings is 1. The number of urea groups is 1. The first-order valence-electron chi connectivity index (χ1n) is 8.56. The zero-order chi connectivity index (χ0) is 20.3. The fraction of sp³-hybridized carbons (Fsp3) is 0.263. The van der Waals surface area contributed by atoms with Gasteiger partial charge in [-0.2, -0.15) is 13.2 Å². The number of rotatable bonds is 3. The van der Waals surface area contributed by atoms with Crippen molar-refractivity contribution < 1.29 is 22.8 Å². The summed E-state index contributed by atoms with van der Waals surface area (Å²) in [6, 6.07) is 10.0. The highest BCUT2D eigenvalue weighted by Gasteiger charge is 2.31. The molecular formula is C19H17BrF3N3O2. The number of nitrogens with one attached hydrogen (secondary N) is 2. The smallest absolute Gasteiger partial charge is 0.326 e. The van der Waals surface area contributed by atoms with Gasteiger partial charge in [-0.1, -0.05) is 15.9 Å². The van der Waals surface area contributed by atoms with Crippen molar-refractivity contribution >= 4 is 39.2 Å². The highest BCUT2D eigenvalue weighted by atomic mass is 79.9. The minimum atomic E-state index is -4.44. The molecule has 1 atom stereocenters. The quantitative estimate of drug-likeness (QED) is 0.698. The molecule has 2 N–H and O–H groups in total. The number of hydrogen-bond acceptors (Lipinski definition) is 2. The summed E-state index contributed by atoms with van der Waals surface area (Å²) in [7, 11) is 0. The summed E-state index contributed by atoms with van der Waals surface area (Å²) in [5.74, 6) is -0.226. The second kappa shape index (κ2) is 8.22. The summed E-state index contributed by atoms with van der Waals surface area (Å²) in [5, 5.41) is 5.06. The molecule has 2 aromatic carbocycles. The molecule has 1 heterocycles. The van der Waals surface area contributed by atoms with E-state index in [0.29, 0.717) is 19.4 Å². The van der Waals surface area contributed by atoms with Crippen molar-refractivity contribution in [1.82, 2.24) is 5.32 Å². The Bertz CT molecular complexity index is 854. The van der Waals surface area contributed by atoms with Gasteiger partial charge < -0.3 is 15.5 Å². The Hall–Kier alpha value is -2.55. The van der Waals surface area contributed by atoms with Crippen molar-refractivity contribution in [2.45, 2.75) is 25.1 Å². The van der Waals surface area contributed by atoms with Gasteiger partial charge in [0.1, 0.15) is 6.04 Å². The third-order valence-electron chi connectivity index (χ3n) is 4.35. The van der Waals surface area contributed by atoms with Crippen LogP contribution in [0.4, 0.5) is 29.3 Å². The molecule has 1 saturated heterocycles. The number of halogens is 4. The molecule has 0 aromatic heterocycles. The van der Waals surface area contributed by atoms with E-state index in [9.17, 15) is 22.8 Å². The maximum atomic E-state index is 12.7. The Balaban J connectivity index is 1.61. The monoisotopic (exact) mass is 455 g/mol. The largest absolute Gasteiger partial charge is 0.416 e. The van der Waals surface area contributed by atoms with Crippen LogP contribution in [-0.2, 0) is 11.0 Å². The molecule has 0 aliphatic carbocycles. The molecule has 1 aliphatic heterocycles. The number of hydrogen-bond donors (Lipinski definition) is 2. The van der Waals surface area contributed by atoms with Gasteiger partial charge in [0.2, 0.25) is 5.91 Å². The van der Waals surface area contributed by atoms with Crippen LogP contribution >= 0.6 is 15.9 Å². The van der Waals surface area contributed by atoms with Gasteiger partial charge in [-0.05, 0) is 61.4 Å². The molecule has 0 bridgehead atoms. The number of carbonyl (C=O) groups excluding carboxylic acids is 2. The zero-order valence-electron chi connectivity index (χ0n) is 14.6. The molecule has 148 valence electrons. The van der Waals surface area contributed by atoms with E-state index < -0.39 is 23.8 Å². The maximum Gasteiger partial charge on any atom is 0.416 e. The van der Waals surface area contributed by atoms with Gasteiger partial charge in [0.05, 0.1) is 5.56 Å². The van der Waals surface area contributed by atoms with Crippen LogP contribution in [0, 0.1) is 0 Å². The van der Waals surface area contributed by atoms with E-state index in [1.807, 2.05) is 24.3 Å². The van der Waals surface area contributed by atoms with E-state index in [1.54, 1.807) is 4.90 Å². The Morgan fingerprint density at radius 3 is 2.32 bits per heavy atom. The van der Waals surface area contributed by atoms with Gasteiger partial charge in [-0.3, -0.25) is 4.79 Å². The van der Waals surface area contributed by atoms with Crippen molar-refractivity contribution in [2.24, 2.45) is 0 Å². The molecular weight excluding hydrogens is 439 g/mol. The number of amides is 3. The van der Waals surface area contributed by atoms with Crippen LogP contribution in [0.25, 0.3) is 0 Å². The van der Waals surface area contributed by atoms with E-state index in [-0.39, 0.29) is 11.6 Å². The summed E-state index contributed by atoms with van der Waals surface area (Å²) in [6.45, 7) is 0.555. The molecule has 1 fully saturated rings. The summed E-state index contributed by atoms with van der Waals surface area (Å²) in [5.41, 5.74) is 0.146. The van der Waals surface area contributed by atoms with Crippen molar-refractivity contribution in [3.63, 3.8) is 0 Å². The maximum absolute atomic E-state index is 12.7. The van der Waals surface area contributed by atoms with Crippen LogP contribution in [-0.4, -0.2) is 24.5 Å². The fourth-order valence-corrected chi connectivity index (χ4v) is 3.22. The number of nitrogens with zero attached hydrogens (tertiary/aromatic N) is 1. The minimum Gasteiger partial charge on any atom is -0.326 e. The SMILES string of the molecule is O=C(Nc1ccc(C(F)(F)F)cc1)NC1CCCN(c2ccc(Br)cc2)C1=O. The van der Waals surface area contributed by atoms with Crippen LogP contribution in [0.1, 0.15) is 18.4 Å². The van der Waals surface area contributed by atoms with Crippen molar-refractivity contribution in [3.8, 4) is 0 Å². The first-order chi connectivity index (χ1) is 13.2. The normalized spacial score (nSPS) is 17.4. The summed E-state index contributed by atoms with van der Waals surface area (Å²) >= 11 is 3.34. The van der Waals surface area contributed by atoms with Gasteiger partial charge in [0.15, 0.2) is 0 Å². The molecule has 1 aliphatic rings. The molecule has 28 heavy (non-hydrogen) atoms. The second-order valence-electron chi connectivity index (χ2n) is 6.33. The average molecular weight is 456 g/mol. The van der Waals surface area contributed by atoms with E-state index in [1.165, 1.54) is 12.1 Å². The van der Waals surface area contributed by atoms with Gasteiger partial charge in [0.25, 0.3) is 0 Å². The highest BCUT2D eigenvalue weighted by molar-refractivity contribution is 9.10. The Labute approximate surface area is 168 Å². The first-order valence-corrected chi connectivity index (χ1v) is 9.35. The van der Waals surface area contributed by atoms with Crippen LogP contribution in [0.2, 0.25) is 0 Å². The number of alkyl halides is 3. The Kier molecular flexibility index (Phi) is 5.93. The van der Waals surface area contributed by atoms with Gasteiger partial charge >= 0.3 is 12.2 Å². The predicted octanol–water partition coefficient (Wildman–Crippen LogP) is 4.79. The lowest BCUT2D eigenvalue weighted by Crippen LogP contribution is -2.53. The van der Waals surface area contributed by atoms with Crippen molar-refractivity contribution in [1.29, 1.82) is 0 Å². The third kappa shape index (κ3) is 4.83. The summed E-state index contributed by atoms with van der Waals surface area (Å²) < 4.78 is 38.7. The number of benzene rings is 2. The standard InChI is InChI=1S/C19H17BrF3N3O2/c20-13-5-9-15(10-6-13)26-11-1-2-16(17(26)27)25-18(28)24-14-7-3-12(4-8-14)19(21,22)23/h3-10,16H,1-2,11H2,(H2,24,25,28). The van der Waals surface area contributed by atoms with E-state index in [2.05, 4.69) is 26.6 Å². The molecule has 0 saturated carbocycles. The Morgan fingerprint density at radius 2 is 1.71 bits per heavy atom. The molecule has 9 heteroatoms. The van der Waals surface area contributed by atoms with Gasteiger partial charge in [0, 0.05) is 22.4 Å². The van der Waals surface area contributed by atoms with E-state index in [4.69, 9.17) is 0 Å². The fourth-order valence-electron chi connectivity index (χ4n) is 2.95. The van der Waals surface area contributed by atoms with Crippen molar-refractivity contribution in [2.75, 3.05) is 16.8 Å². The molecule has 0 radical (unpaired) electrons. The molecule has 5 nitrogen and oxygen atoms in total. The van der Waals surface area contributed by atoms with Crippen molar-refractivity contribution in [3.05, 3.63) is 58.6 Å². The summed E-state index contributed by atoms with van der Waals surface area (Å²) in [6.07, 6.45) is -3.23. The van der Waals surface area contributed by atoms with E-state index in [0.717, 1.165) is 22.3 Å². The van der Waals surface area contributed by atoms with Crippen LogP contribution in [0.3, 0.4) is 0 Å². The van der Waals surface area contributed by atoms with Crippen LogP contribution < -0.4 is 15.5 Å². The average Bonchev–Trinajstić information content (AvgIpc) is 2.64. The molecule has 3 amide bonds. The molecule has 3 rings (SSSR count). The zero-order valence-corrected chi connectivity index (χ0v) is 16.2. The topological polar surface area (TPSA) is 61.4 Å². The van der Waals surface area contributed by atoms with Gasteiger partial charge in [-0.15, -0.1) is 0 Å². The molecule has 1 unspecified atom stereocenters.